The summed E-state index contributed by atoms with van der Waals surface area (Å²) in [6.45, 7) is 2.36. The third-order valence-corrected chi connectivity index (χ3v) is 5.01. The summed E-state index contributed by atoms with van der Waals surface area (Å²) in [5.41, 5.74) is 9.36. The molecular weight excluding hydrogens is 272 g/mol. The highest BCUT2D eigenvalue weighted by molar-refractivity contribution is 5.93. The molecule has 1 fully saturated rings. The maximum Gasteiger partial charge on any atom is 0.249 e. The minimum Gasteiger partial charge on any atom is -0.339 e. The van der Waals surface area contributed by atoms with E-state index < -0.39 is 0 Å². The van der Waals surface area contributed by atoms with Crippen LogP contribution in [0.2, 0.25) is 0 Å². The Kier molecular flexibility index (Phi) is 4.94. The van der Waals surface area contributed by atoms with E-state index >= 15 is 0 Å². The largest absolute Gasteiger partial charge is 0.339 e. The highest BCUT2D eigenvalue weighted by Gasteiger charge is 2.26. The molecule has 2 N–H and O–H groups in total. The predicted molar refractivity (Wildman–Crippen MR) is 89.4 cm³/mol. The van der Waals surface area contributed by atoms with E-state index in [0.717, 1.165) is 44.3 Å². The summed E-state index contributed by atoms with van der Waals surface area (Å²) in [7, 11) is 0. The Bertz CT molecular complexity index is 556. The van der Waals surface area contributed by atoms with Crippen LogP contribution >= 0.6 is 0 Å². The van der Waals surface area contributed by atoms with Crippen LogP contribution in [-0.4, -0.2) is 23.9 Å². The van der Waals surface area contributed by atoms with Crippen molar-refractivity contribution in [1.82, 2.24) is 4.90 Å². The van der Waals surface area contributed by atoms with Crippen molar-refractivity contribution in [3.05, 3.63) is 47.0 Å². The number of allylic oxidation sites excluding steroid dienone is 1. The highest BCUT2D eigenvalue weighted by atomic mass is 16.2. The van der Waals surface area contributed by atoms with E-state index in [4.69, 9.17) is 5.73 Å². The summed E-state index contributed by atoms with van der Waals surface area (Å²) in [6.07, 6.45) is 8.72. The van der Waals surface area contributed by atoms with Gasteiger partial charge in [0.25, 0.3) is 0 Å². The predicted octanol–water partition coefficient (Wildman–Crippen LogP) is 3.35. The fourth-order valence-electron chi connectivity index (χ4n) is 3.63. The van der Waals surface area contributed by atoms with Gasteiger partial charge in [-0.3, -0.25) is 4.79 Å². The zero-order chi connectivity index (χ0) is 15.4. The second kappa shape index (κ2) is 7.10. The number of rotatable bonds is 3. The fraction of sp³-hybridized carbons (Fsp3) is 0.526. The van der Waals surface area contributed by atoms with Crippen molar-refractivity contribution in [3.63, 3.8) is 0 Å². The lowest BCUT2D eigenvalue weighted by atomic mass is 9.88. The second-order valence-electron chi connectivity index (χ2n) is 6.49. The van der Waals surface area contributed by atoms with Crippen molar-refractivity contribution >= 4 is 5.91 Å². The van der Waals surface area contributed by atoms with Crippen LogP contribution in [0.5, 0.6) is 0 Å². The standard InChI is InChI=1S/C19H26N2O/c20-14-15-5-4-8-18(13-15)16-9-11-21(12-10-16)19(22)17-6-2-1-3-7-17/h4-6,8,13,16H,1-3,7,9-12,14,20H2. The van der Waals surface area contributed by atoms with Crippen LogP contribution in [0.25, 0.3) is 0 Å². The molecule has 1 aromatic carbocycles. The van der Waals surface area contributed by atoms with Crippen LogP contribution in [0, 0.1) is 0 Å². The van der Waals surface area contributed by atoms with E-state index in [1.54, 1.807) is 0 Å². The molecule has 0 atom stereocenters. The Morgan fingerprint density at radius 3 is 2.73 bits per heavy atom. The van der Waals surface area contributed by atoms with Gasteiger partial charge in [0, 0.05) is 25.2 Å². The third-order valence-electron chi connectivity index (χ3n) is 5.01. The number of likely N-dealkylation sites (tertiary alicyclic amines) is 1. The second-order valence-corrected chi connectivity index (χ2v) is 6.49. The molecule has 1 heterocycles. The molecule has 0 spiro atoms. The summed E-state index contributed by atoms with van der Waals surface area (Å²) in [6, 6.07) is 8.61. The van der Waals surface area contributed by atoms with Crippen molar-refractivity contribution in [1.29, 1.82) is 0 Å². The average molecular weight is 298 g/mol. The number of carbonyl (C=O) groups is 1. The van der Waals surface area contributed by atoms with Gasteiger partial charge in [-0.2, -0.15) is 0 Å². The molecule has 0 saturated carbocycles. The summed E-state index contributed by atoms with van der Waals surface area (Å²) < 4.78 is 0. The van der Waals surface area contributed by atoms with Gasteiger partial charge in [0.2, 0.25) is 5.91 Å². The smallest absolute Gasteiger partial charge is 0.249 e. The molecule has 0 unspecified atom stereocenters. The first-order valence-electron chi connectivity index (χ1n) is 8.55. The van der Waals surface area contributed by atoms with Gasteiger partial charge in [-0.25, -0.2) is 0 Å². The van der Waals surface area contributed by atoms with Crippen LogP contribution in [0.15, 0.2) is 35.9 Å². The van der Waals surface area contributed by atoms with E-state index in [0.29, 0.717) is 12.5 Å². The van der Waals surface area contributed by atoms with Gasteiger partial charge in [0.05, 0.1) is 0 Å². The van der Waals surface area contributed by atoms with Crippen molar-refractivity contribution in [3.8, 4) is 0 Å². The van der Waals surface area contributed by atoms with Gasteiger partial charge < -0.3 is 10.6 Å². The number of benzene rings is 1. The normalized spacial score (nSPS) is 19.9. The summed E-state index contributed by atoms with van der Waals surface area (Å²) in [5.74, 6) is 0.852. The van der Waals surface area contributed by atoms with Gasteiger partial charge in [0.15, 0.2) is 0 Å². The fourth-order valence-corrected chi connectivity index (χ4v) is 3.63. The first-order valence-corrected chi connectivity index (χ1v) is 8.55. The lowest BCUT2D eigenvalue weighted by molar-refractivity contribution is -0.128. The van der Waals surface area contributed by atoms with Crippen molar-refractivity contribution in [2.45, 2.75) is 51.0 Å². The molecule has 1 aromatic rings. The Hall–Kier alpha value is -1.61. The molecule has 0 radical (unpaired) electrons. The number of nitrogens with zero attached hydrogens (tertiary/aromatic N) is 1. The van der Waals surface area contributed by atoms with Gasteiger partial charge in [-0.1, -0.05) is 30.3 Å². The first kappa shape index (κ1) is 15.3. The lowest BCUT2D eigenvalue weighted by Crippen LogP contribution is -2.39. The third kappa shape index (κ3) is 3.41. The van der Waals surface area contributed by atoms with E-state index in [-0.39, 0.29) is 5.91 Å². The molecule has 118 valence electrons. The maximum absolute atomic E-state index is 12.5. The van der Waals surface area contributed by atoms with Crippen LogP contribution in [-0.2, 0) is 11.3 Å². The molecule has 3 rings (SSSR count). The quantitative estimate of drug-likeness (QED) is 0.930. The number of hydrogen-bond acceptors (Lipinski definition) is 2. The summed E-state index contributed by atoms with van der Waals surface area (Å²) in [4.78, 5) is 14.6. The van der Waals surface area contributed by atoms with Gasteiger partial charge >= 0.3 is 0 Å². The number of piperidine rings is 1. The van der Waals surface area contributed by atoms with E-state index in [1.807, 2.05) is 0 Å². The molecular formula is C19H26N2O. The van der Waals surface area contributed by atoms with E-state index in [9.17, 15) is 4.79 Å². The SMILES string of the molecule is NCc1cccc(C2CCN(C(=O)C3=CCCCC3)CC2)c1. The maximum atomic E-state index is 12.5. The van der Waals surface area contributed by atoms with Crippen LogP contribution in [0.1, 0.15) is 55.6 Å². The van der Waals surface area contributed by atoms with Crippen LogP contribution in [0.3, 0.4) is 0 Å². The molecule has 3 heteroatoms. The minimum absolute atomic E-state index is 0.286. The number of hydrogen-bond donors (Lipinski definition) is 1. The summed E-state index contributed by atoms with van der Waals surface area (Å²) in [5, 5.41) is 0. The Labute approximate surface area is 133 Å². The van der Waals surface area contributed by atoms with E-state index in [2.05, 4.69) is 35.2 Å². The number of nitrogens with two attached hydrogens (primary N) is 1. The van der Waals surface area contributed by atoms with Gasteiger partial charge in [-0.05, 0) is 55.6 Å². The molecule has 1 saturated heterocycles. The Morgan fingerprint density at radius 1 is 1.23 bits per heavy atom. The zero-order valence-electron chi connectivity index (χ0n) is 13.3. The molecule has 0 aromatic heterocycles. The molecule has 3 nitrogen and oxygen atoms in total. The number of carbonyl (C=O) groups excluding carboxylic acids is 1. The molecule has 1 aliphatic carbocycles. The van der Waals surface area contributed by atoms with Crippen molar-refractivity contribution < 1.29 is 4.79 Å². The van der Waals surface area contributed by atoms with Crippen LogP contribution in [0.4, 0.5) is 0 Å². The zero-order valence-corrected chi connectivity index (χ0v) is 13.3. The highest BCUT2D eigenvalue weighted by Crippen LogP contribution is 2.30. The monoisotopic (exact) mass is 298 g/mol. The summed E-state index contributed by atoms with van der Waals surface area (Å²) >= 11 is 0. The van der Waals surface area contributed by atoms with Gasteiger partial charge in [0.1, 0.15) is 0 Å². The number of amides is 1. The molecule has 2 aliphatic rings. The molecule has 1 aliphatic heterocycles. The van der Waals surface area contributed by atoms with Crippen molar-refractivity contribution in [2.24, 2.45) is 5.73 Å². The molecule has 22 heavy (non-hydrogen) atoms. The molecule has 1 amide bonds. The average Bonchev–Trinajstić information content (AvgIpc) is 2.62. The first-order chi connectivity index (χ1) is 10.8. The van der Waals surface area contributed by atoms with Gasteiger partial charge in [-0.15, -0.1) is 0 Å². The topological polar surface area (TPSA) is 46.3 Å². The minimum atomic E-state index is 0.286. The Morgan fingerprint density at radius 2 is 2.05 bits per heavy atom. The molecule has 0 bridgehead atoms. The van der Waals surface area contributed by atoms with Crippen molar-refractivity contribution in [2.75, 3.05) is 13.1 Å². The lowest BCUT2D eigenvalue weighted by Gasteiger charge is -2.33. The van der Waals surface area contributed by atoms with Crippen LogP contribution < -0.4 is 5.73 Å². The Balaban J connectivity index is 1.60. The van der Waals surface area contributed by atoms with E-state index in [1.165, 1.54) is 24.0 Å².